The lowest BCUT2D eigenvalue weighted by Gasteiger charge is -2.22. The molecule has 1 aliphatic rings. The molecule has 1 aromatic rings. The van der Waals surface area contributed by atoms with E-state index in [1.807, 2.05) is 26.1 Å². The number of hydrogen-bond donors (Lipinski definition) is 1. The van der Waals surface area contributed by atoms with E-state index in [1.165, 1.54) is 6.42 Å². The monoisotopic (exact) mass is 266 g/mol. The molecule has 0 saturated carbocycles. The molecule has 1 atom stereocenters. The second kappa shape index (κ2) is 5.72. The summed E-state index contributed by atoms with van der Waals surface area (Å²) in [6.45, 7) is 3.76. The Kier molecular flexibility index (Phi) is 4.25. The molecule has 0 aromatic heterocycles. The molecule has 4 heteroatoms. The minimum Gasteiger partial charge on any atom is -0.340 e. The highest BCUT2D eigenvalue weighted by molar-refractivity contribution is 6.33. The molecular formula is C14H19ClN2O. The van der Waals surface area contributed by atoms with Crippen LogP contribution in [0.25, 0.3) is 0 Å². The van der Waals surface area contributed by atoms with Crippen molar-refractivity contribution in [2.75, 3.05) is 20.1 Å². The van der Waals surface area contributed by atoms with E-state index >= 15 is 0 Å². The molecule has 1 aliphatic heterocycles. The largest absolute Gasteiger partial charge is 0.340 e. The van der Waals surface area contributed by atoms with Crippen molar-refractivity contribution in [2.45, 2.75) is 25.8 Å². The van der Waals surface area contributed by atoms with E-state index in [-0.39, 0.29) is 5.91 Å². The van der Waals surface area contributed by atoms with Gasteiger partial charge in [-0.25, -0.2) is 0 Å². The fraction of sp³-hybridized carbons (Fsp3) is 0.500. The van der Waals surface area contributed by atoms with E-state index in [9.17, 15) is 4.79 Å². The predicted octanol–water partition coefficient (Wildman–Crippen LogP) is 2.47. The fourth-order valence-electron chi connectivity index (χ4n) is 2.33. The van der Waals surface area contributed by atoms with Gasteiger partial charge in [0.05, 0.1) is 10.6 Å². The van der Waals surface area contributed by atoms with Crippen molar-refractivity contribution in [2.24, 2.45) is 0 Å². The van der Waals surface area contributed by atoms with Crippen LogP contribution in [0.15, 0.2) is 18.2 Å². The zero-order valence-electron chi connectivity index (χ0n) is 10.9. The van der Waals surface area contributed by atoms with Crippen LogP contribution in [0.2, 0.25) is 5.02 Å². The lowest BCUT2D eigenvalue weighted by atomic mass is 10.1. The van der Waals surface area contributed by atoms with Crippen LogP contribution in [0.4, 0.5) is 0 Å². The summed E-state index contributed by atoms with van der Waals surface area (Å²) in [7, 11) is 1.83. The number of aryl methyl sites for hydroxylation is 1. The zero-order chi connectivity index (χ0) is 13.1. The van der Waals surface area contributed by atoms with Crippen molar-refractivity contribution in [3.8, 4) is 0 Å². The number of nitrogens with one attached hydrogen (secondary N) is 1. The number of nitrogens with zero attached hydrogens (tertiary/aromatic N) is 1. The van der Waals surface area contributed by atoms with E-state index in [2.05, 4.69) is 5.32 Å². The molecule has 1 heterocycles. The first-order chi connectivity index (χ1) is 8.58. The lowest BCUT2D eigenvalue weighted by molar-refractivity contribution is 0.0784. The van der Waals surface area contributed by atoms with Gasteiger partial charge in [-0.3, -0.25) is 4.79 Å². The van der Waals surface area contributed by atoms with Crippen LogP contribution < -0.4 is 5.32 Å². The average molecular weight is 267 g/mol. The van der Waals surface area contributed by atoms with Crippen molar-refractivity contribution in [3.05, 3.63) is 34.3 Å². The number of carbonyl (C=O) groups excluding carboxylic acids is 1. The molecule has 3 nitrogen and oxygen atoms in total. The van der Waals surface area contributed by atoms with E-state index in [0.29, 0.717) is 16.6 Å². The maximum Gasteiger partial charge on any atom is 0.255 e. The zero-order valence-corrected chi connectivity index (χ0v) is 11.6. The lowest BCUT2D eigenvalue weighted by Crippen LogP contribution is -2.38. The van der Waals surface area contributed by atoms with Crippen molar-refractivity contribution >= 4 is 17.5 Å². The van der Waals surface area contributed by atoms with Gasteiger partial charge in [-0.2, -0.15) is 0 Å². The van der Waals surface area contributed by atoms with Gasteiger partial charge in [-0.05, 0) is 44.0 Å². The Labute approximate surface area is 113 Å². The third kappa shape index (κ3) is 3.03. The van der Waals surface area contributed by atoms with E-state index in [0.717, 1.165) is 25.1 Å². The van der Waals surface area contributed by atoms with Gasteiger partial charge in [-0.15, -0.1) is 0 Å². The normalized spacial score (nSPS) is 18.9. The summed E-state index contributed by atoms with van der Waals surface area (Å²) in [6, 6.07) is 5.97. The summed E-state index contributed by atoms with van der Waals surface area (Å²) >= 11 is 6.12. The van der Waals surface area contributed by atoms with Gasteiger partial charge in [0, 0.05) is 19.6 Å². The van der Waals surface area contributed by atoms with Gasteiger partial charge in [-0.1, -0.05) is 17.7 Å². The second-order valence-corrected chi connectivity index (χ2v) is 5.37. The quantitative estimate of drug-likeness (QED) is 0.912. The molecule has 1 N–H and O–H groups in total. The molecule has 0 aliphatic carbocycles. The van der Waals surface area contributed by atoms with Crippen LogP contribution >= 0.6 is 11.6 Å². The maximum absolute atomic E-state index is 12.3. The molecule has 2 rings (SSSR count). The van der Waals surface area contributed by atoms with E-state index < -0.39 is 0 Å². The first-order valence-corrected chi connectivity index (χ1v) is 6.70. The molecule has 1 aromatic carbocycles. The van der Waals surface area contributed by atoms with Gasteiger partial charge in [0.1, 0.15) is 0 Å². The van der Waals surface area contributed by atoms with Crippen LogP contribution in [0, 0.1) is 6.92 Å². The Morgan fingerprint density at radius 1 is 1.56 bits per heavy atom. The molecule has 0 spiro atoms. The number of benzene rings is 1. The third-order valence-corrected chi connectivity index (χ3v) is 3.67. The highest BCUT2D eigenvalue weighted by atomic mass is 35.5. The minimum absolute atomic E-state index is 0.00583. The number of halogens is 1. The van der Waals surface area contributed by atoms with Crippen LogP contribution in [0.1, 0.15) is 28.8 Å². The van der Waals surface area contributed by atoms with Crippen molar-refractivity contribution in [3.63, 3.8) is 0 Å². The van der Waals surface area contributed by atoms with Crippen LogP contribution in [-0.2, 0) is 0 Å². The second-order valence-electron chi connectivity index (χ2n) is 4.96. The first-order valence-electron chi connectivity index (χ1n) is 6.33. The molecule has 0 bridgehead atoms. The standard InChI is InChI=1S/C14H19ClN2O/c1-10-5-6-12(13(15)8-10)14(18)17(2)9-11-4-3-7-16-11/h5-6,8,11,16H,3-4,7,9H2,1-2H3. The Morgan fingerprint density at radius 3 is 2.94 bits per heavy atom. The van der Waals surface area contributed by atoms with Crippen molar-refractivity contribution in [1.82, 2.24) is 10.2 Å². The van der Waals surface area contributed by atoms with E-state index in [1.54, 1.807) is 11.0 Å². The summed E-state index contributed by atoms with van der Waals surface area (Å²) in [5.41, 5.74) is 1.65. The summed E-state index contributed by atoms with van der Waals surface area (Å²) in [4.78, 5) is 14.0. The van der Waals surface area contributed by atoms with Crippen LogP contribution in [-0.4, -0.2) is 37.0 Å². The first kappa shape index (κ1) is 13.4. The Balaban J connectivity index is 2.05. The molecule has 1 amide bonds. The van der Waals surface area contributed by atoms with Gasteiger partial charge in [0.15, 0.2) is 0 Å². The van der Waals surface area contributed by atoms with Crippen LogP contribution in [0.5, 0.6) is 0 Å². The molecule has 98 valence electrons. The highest BCUT2D eigenvalue weighted by Crippen LogP contribution is 2.19. The topological polar surface area (TPSA) is 32.3 Å². The summed E-state index contributed by atoms with van der Waals surface area (Å²) < 4.78 is 0. The SMILES string of the molecule is Cc1ccc(C(=O)N(C)CC2CCCN2)c(Cl)c1. The van der Waals surface area contributed by atoms with Gasteiger partial charge in [0.25, 0.3) is 5.91 Å². The molecule has 18 heavy (non-hydrogen) atoms. The molecule has 0 radical (unpaired) electrons. The van der Waals surface area contributed by atoms with Crippen molar-refractivity contribution in [1.29, 1.82) is 0 Å². The van der Waals surface area contributed by atoms with Gasteiger partial charge in [0.2, 0.25) is 0 Å². The summed E-state index contributed by atoms with van der Waals surface area (Å²) in [5, 5.41) is 3.92. The number of rotatable bonds is 3. The molecular weight excluding hydrogens is 248 g/mol. The minimum atomic E-state index is -0.00583. The average Bonchev–Trinajstić information content (AvgIpc) is 2.81. The molecule has 1 unspecified atom stereocenters. The highest BCUT2D eigenvalue weighted by Gasteiger charge is 2.20. The van der Waals surface area contributed by atoms with E-state index in [4.69, 9.17) is 11.6 Å². The number of carbonyl (C=O) groups is 1. The predicted molar refractivity (Wildman–Crippen MR) is 74.2 cm³/mol. The number of hydrogen-bond acceptors (Lipinski definition) is 2. The summed E-state index contributed by atoms with van der Waals surface area (Å²) in [5.74, 6) is -0.00583. The Hall–Kier alpha value is -1.06. The summed E-state index contributed by atoms with van der Waals surface area (Å²) in [6.07, 6.45) is 2.33. The van der Waals surface area contributed by atoms with Gasteiger partial charge < -0.3 is 10.2 Å². The third-order valence-electron chi connectivity index (χ3n) is 3.36. The number of likely N-dealkylation sites (N-methyl/N-ethyl adjacent to an activating group) is 1. The number of amides is 1. The van der Waals surface area contributed by atoms with Gasteiger partial charge >= 0.3 is 0 Å². The fourth-order valence-corrected chi connectivity index (χ4v) is 2.64. The Morgan fingerprint density at radius 2 is 2.33 bits per heavy atom. The smallest absolute Gasteiger partial charge is 0.255 e. The Bertz CT molecular complexity index is 441. The molecule has 1 saturated heterocycles. The van der Waals surface area contributed by atoms with Crippen LogP contribution in [0.3, 0.4) is 0 Å². The maximum atomic E-state index is 12.3. The van der Waals surface area contributed by atoms with Crippen molar-refractivity contribution < 1.29 is 4.79 Å². The molecule has 1 fully saturated rings.